The number of amides is 1. The summed E-state index contributed by atoms with van der Waals surface area (Å²) >= 11 is 0. The van der Waals surface area contributed by atoms with Crippen LogP contribution in [0.15, 0.2) is 36.8 Å². The minimum absolute atomic E-state index is 0.0834. The summed E-state index contributed by atoms with van der Waals surface area (Å²) in [6.45, 7) is 6.21. The quantitative estimate of drug-likeness (QED) is 0.645. The van der Waals surface area contributed by atoms with Crippen LogP contribution in [0.3, 0.4) is 0 Å². The molecule has 0 aromatic carbocycles. The van der Waals surface area contributed by atoms with E-state index in [1.54, 1.807) is 29.6 Å². The maximum absolute atomic E-state index is 13.5. The number of fused-ring (bicyclic) bond motifs is 1. The van der Waals surface area contributed by atoms with Crippen molar-refractivity contribution in [1.29, 1.82) is 0 Å². The van der Waals surface area contributed by atoms with Crippen molar-refractivity contribution in [2.75, 3.05) is 33.3 Å². The van der Waals surface area contributed by atoms with E-state index < -0.39 is 0 Å². The van der Waals surface area contributed by atoms with Crippen molar-refractivity contribution >= 4 is 5.91 Å². The number of carbonyl (C=O) groups excluding carboxylic acids is 1. The molecule has 186 valence electrons. The topological polar surface area (TPSA) is 78.8 Å². The molecule has 0 bridgehead atoms. The van der Waals surface area contributed by atoms with Gasteiger partial charge in [-0.05, 0) is 50.9 Å². The van der Waals surface area contributed by atoms with E-state index in [1.165, 1.54) is 25.7 Å². The van der Waals surface area contributed by atoms with Crippen molar-refractivity contribution in [2.24, 2.45) is 11.8 Å². The van der Waals surface area contributed by atoms with Gasteiger partial charge < -0.3 is 19.6 Å². The molecule has 1 saturated carbocycles. The Morgan fingerprint density at radius 2 is 1.91 bits per heavy atom. The van der Waals surface area contributed by atoms with Gasteiger partial charge in [-0.15, -0.1) is 0 Å². The van der Waals surface area contributed by atoms with E-state index in [2.05, 4.69) is 40.7 Å². The number of aliphatic hydroxyl groups is 1. The number of likely N-dealkylation sites (N-methyl/N-ethyl adjacent to an activating group) is 1. The minimum atomic E-state index is -0.306. The third kappa shape index (κ3) is 6.39. The Bertz CT molecular complexity index is 1060. The molecular weight excluding hydrogens is 440 g/mol. The van der Waals surface area contributed by atoms with Crippen LogP contribution >= 0.6 is 0 Å². The van der Waals surface area contributed by atoms with Crippen LogP contribution in [0, 0.1) is 23.7 Å². The van der Waals surface area contributed by atoms with Gasteiger partial charge in [0.1, 0.15) is 11.7 Å². The van der Waals surface area contributed by atoms with Gasteiger partial charge in [-0.1, -0.05) is 31.6 Å². The summed E-state index contributed by atoms with van der Waals surface area (Å²) in [7, 11) is 2.15. The van der Waals surface area contributed by atoms with Gasteiger partial charge in [-0.3, -0.25) is 9.78 Å². The third-order valence-electron chi connectivity index (χ3n) is 7.09. The Hall–Kier alpha value is -2.95. The first kappa shape index (κ1) is 25.2. The van der Waals surface area contributed by atoms with Crippen LogP contribution in [-0.4, -0.2) is 76.2 Å². The summed E-state index contributed by atoms with van der Waals surface area (Å²) in [6.07, 6.45) is 10.2. The van der Waals surface area contributed by atoms with E-state index in [9.17, 15) is 9.90 Å². The smallest absolute Gasteiger partial charge is 0.259 e. The van der Waals surface area contributed by atoms with E-state index in [0.29, 0.717) is 23.6 Å². The molecule has 3 heterocycles. The second kappa shape index (κ2) is 11.7. The number of aliphatic hydroxyl groups excluding tert-OH is 1. The van der Waals surface area contributed by atoms with Crippen molar-refractivity contribution < 1.29 is 14.6 Å². The first-order valence-electron chi connectivity index (χ1n) is 12.6. The number of nitrogens with zero attached hydrogens (tertiary/aromatic N) is 4. The predicted molar refractivity (Wildman–Crippen MR) is 135 cm³/mol. The normalized spacial score (nSPS) is 21.5. The Kier molecular flexibility index (Phi) is 8.37. The molecule has 35 heavy (non-hydrogen) atoms. The summed E-state index contributed by atoms with van der Waals surface area (Å²) in [5, 5.41) is 9.86. The molecular formula is C28H36N4O3. The highest BCUT2D eigenvalue weighted by molar-refractivity contribution is 5.97. The molecule has 2 aromatic heterocycles. The van der Waals surface area contributed by atoms with Crippen molar-refractivity contribution in [3.63, 3.8) is 0 Å². The first-order chi connectivity index (χ1) is 16.9. The summed E-state index contributed by atoms with van der Waals surface area (Å²) in [6, 6.07) is 5.12. The maximum atomic E-state index is 13.5. The van der Waals surface area contributed by atoms with E-state index in [-0.39, 0.29) is 30.6 Å². The zero-order valence-electron chi connectivity index (χ0n) is 21.0. The van der Waals surface area contributed by atoms with Gasteiger partial charge in [0.15, 0.2) is 0 Å². The maximum Gasteiger partial charge on any atom is 0.259 e. The number of pyridine rings is 2. The highest BCUT2D eigenvalue weighted by atomic mass is 16.5. The van der Waals surface area contributed by atoms with Crippen molar-refractivity contribution in [3.05, 3.63) is 53.5 Å². The highest BCUT2D eigenvalue weighted by Gasteiger charge is 2.34. The first-order valence-corrected chi connectivity index (χ1v) is 12.6. The number of carbonyl (C=O) groups is 1. The van der Waals surface area contributed by atoms with Gasteiger partial charge in [0.25, 0.3) is 5.91 Å². The lowest BCUT2D eigenvalue weighted by molar-refractivity contribution is 0.0320. The fourth-order valence-corrected chi connectivity index (χ4v) is 4.98. The standard InChI is InChI=1S/C28H36N4O3/c1-20-16-32(21(2)19-33)28(34)25-14-24(9-8-22-10-12-29-13-11-22)15-30-27(25)35-26(20)18-31(3)17-23-6-4-5-7-23/h10-15,20-21,23,26,33H,4-7,16-19H2,1-3H3/t20-,21-,26+/m1/s1. The second-order valence-corrected chi connectivity index (χ2v) is 10.1. The Labute approximate surface area is 208 Å². The Morgan fingerprint density at radius 3 is 2.63 bits per heavy atom. The number of hydrogen-bond donors (Lipinski definition) is 1. The van der Waals surface area contributed by atoms with E-state index in [0.717, 1.165) is 24.6 Å². The molecule has 0 spiro atoms. The number of ether oxygens (including phenoxy) is 1. The summed E-state index contributed by atoms with van der Waals surface area (Å²) in [5.41, 5.74) is 1.86. The summed E-state index contributed by atoms with van der Waals surface area (Å²) in [5.74, 6) is 7.17. The van der Waals surface area contributed by atoms with E-state index in [4.69, 9.17) is 4.74 Å². The highest BCUT2D eigenvalue weighted by Crippen LogP contribution is 2.29. The number of hydrogen-bond acceptors (Lipinski definition) is 6. The predicted octanol–water partition coefficient (Wildman–Crippen LogP) is 3.22. The van der Waals surface area contributed by atoms with Gasteiger partial charge in [0.05, 0.1) is 12.6 Å². The van der Waals surface area contributed by atoms with E-state index in [1.807, 2.05) is 19.1 Å². The third-order valence-corrected chi connectivity index (χ3v) is 7.09. The van der Waals surface area contributed by atoms with Gasteiger partial charge >= 0.3 is 0 Å². The lowest BCUT2D eigenvalue weighted by Crippen LogP contribution is -2.50. The zero-order chi connectivity index (χ0) is 24.8. The molecule has 4 rings (SSSR count). The summed E-state index contributed by atoms with van der Waals surface area (Å²) < 4.78 is 6.42. The van der Waals surface area contributed by atoms with E-state index >= 15 is 0 Å². The van der Waals surface area contributed by atoms with Crippen LogP contribution < -0.4 is 4.74 Å². The molecule has 7 heteroatoms. The average Bonchev–Trinajstić information content (AvgIpc) is 3.38. The SMILES string of the molecule is C[C@@H]1CN([C@H](C)CO)C(=O)c2cc(C#Cc3ccncc3)cnc2O[C@H]1CN(C)CC1CCCC1. The van der Waals surface area contributed by atoms with Crippen LogP contribution in [0.4, 0.5) is 0 Å². The largest absolute Gasteiger partial charge is 0.472 e. The van der Waals surface area contributed by atoms with Crippen LogP contribution in [0.5, 0.6) is 5.88 Å². The van der Waals surface area contributed by atoms with Gasteiger partial charge in [0.2, 0.25) is 5.88 Å². The lowest BCUT2D eigenvalue weighted by Gasteiger charge is -2.38. The Morgan fingerprint density at radius 1 is 1.20 bits per heavy atom. The van der Waals surface area contributed by atoms with Crippen molar-refractivity contribution in [2.45, 2.75) is 51.7 Å². The average molecular weight is 477 g/mol. The fourth-order valence-electron chi connectivity index (χ4n) is 4.98. The van der Waals surface area contributed by atoms with Gasteiger partial charge in [-0.2, -0.15) is 0 Å². The molecule has 0 saturated heterocycles. The number of aromatic nitrogens is 2. The van der Waals surface area contributed by atoms with Crippen molar-refractivity contribution in [3.8, 4) is 17.7 Å². The molecule has 1 N–H and O–H groups in total. The van der Waals surface area contributed by atoms with Crippen LogP contribution in [-0.2, 0) is 0 Å². The molecule has 0 unspecified atom stereocenters. The monoisotopic (exact) mass is 476 g/mol. The Balaban J connectivity index is 1.61. The molecule has 2 aliphatic rings. The van der Waals surface area contributed by atoms with Crippen molar-refractivity contribution in [1.82, 2.24) is 19.8 Å². The molecule has 2 aromatic rings. The molecule has 7 nitrogen and oxygen atoms in total. The molecule has 1 aliphatic carbocycles. The molecule has 1 fully saturated rings. The number of rotatable bonds is 6. The lowest BCUT2D eigenvalue weighted by atomic mass is 9.99. The van der Waals surface area contributed by atoms with Gasteiger partial charge in [0, 0.05) is 55.3 Å². The zero-order valence-corrected chi connectivity index (χ0v) is 21.0. The molecule has 1 amide bonds. The minimum Gasteiger partial charge on any atom is -0.472 e. The molecule has 0 radical (unpaired) electrons. The van der Waals surface area contributed by atoms with Gasteiger partial charge in [-0.25, -0.2) is 4.98 Å². The fraction of sp³-hybridized carbons (Fsp3) is 0.536. The molecule has 3 atom stereocenters. The summed E-state index contributed by atoms with van der Waals surface area (Å²) in [4.78, 5) is 26.2. The molecule has 1 aliphatic heterocycles. The van der Waals surface area contributed by atoms with Crippen LogP contribution in [0.1, 0.15) is 61.0 Å². The van der Waals surface area contributed by atoms with Crippen LogP contribution in [0.2, 0.25) is 0 Å². The second-order valence-electron chi connectivity index (χ2n) is 10.1. The van der Waals surface area contributed by atoms with Crippen LogP contribution in [0.25, 0.3) is 0 Å².